The van der Waals surface area contributed by atoms with Crippen molar-refractivity contribution in [3.63, 3.8) is 0 Å². The van der Waals surface area contributed by atoms with Gasteiger partial charge in [-0.3, -0.25) is 4.79 Å². The number of hydrogen-bond acceptors (Lipinski definition) is 5. The zero-order valence-corrected chi connectivity index (χ0v) is 11.5. The third kappa shape index (κ3) is 2.73. The van der Waals surface area contributed by atoms with Crippen LogP contribution >= 0.6 is 0 Å². The molecule has 3 N–H and O–H groups in total. The molecule has 1 aromatic heterocycles. The van der Waals surface area contributed by atoms with Gasteiger partial charge in [0.2, 0.25) is 0 Å². The summed E-state index contributed by atoms with van der Waals surface area (Å²) in [6.07, 6.45) is 1.21. The molecule has 0 aliphatic heterocycles. The third-order valence-corrected chi connectivity index (χ3v) is 3.19. The van der Waals surface area contributed by atoms with Crippen LogP contribution in [0.5, 0.6) is 0 Å². The summed E-state index contributed by atoms with van der Waals surface area (Å²) >= 11 is 0. The van der Waals surface area contributed by atoms with Gasteiger partial charge in [0, 0.05) is 31.2 Å². The Morgan fingerprint density at radius 3 is 2.76 bits per heavy atom. The highest BCUT2D eigenvalue weighted by Gasteiger charge is 2.13. The van der Waals surface area contributed by atoms with Gasteiger partial charge in [-0.2, -0.15) is 0 Å². The van der Waals surface area contributed by atoms with Crippen molar-refractivity contribution in [2.24, 2.45) is 5.73 Å². The Morgan fingerprint density at radius 1 is 1.48 bits per heavy atom. The van der Waals surface area contributed by atoms with Crippen molar-refractivity contribution < 1.29 is 14.3 Å². The van der Waals surface area contributed by atoms with Crippen molar-refractivity contribution in [3.8, 4) is 0 Å². The maximum Gasteiger partial charge on any atom is 0.198 e. The minimum Gasteiger partial charge on any atom is -0.545 e. The number of nitrogens with zero attached hydrogens (tertiary/aromatic N) is 1. The predicted octanol–water partition coefficient (Wildman–Crippen LogP) is -0.105. The van der Waals surface area contributed by atoms with Crippen molar-refractivity contribution in [2.75, 3.05) is 18.4 Å². The van der Waals surface area contributed by atoms with Gasteiger partial charge in [-0.25, -0.2) is 4.39 Å². The second kappa shape index (κ2) is 5.92. The van der Waals surface area contributed by atoms with E-state index in [0.29, 0.717) is 25.2 Å². The number of carbonyl (C=O) groups excluding carboxylic acids is 1. The van der Waals surface area contributed by atoms with E-state index in [1.165, 1.54) is 12.3 Å². The normalized spacial score (nSPS) is 10.8. The highest BCUT2D eigenvalue weighted by molar-refractivity contribution is 5.92. The summed E-state index contributed by atoms with van der Waals surface area (Å²) in [6.45, 7) is 2.94. The molecule has 0 saturated carbocycles. The van der Waals surface area contributed by atoms with Gasteiger partial charge in [-0.15, -0.1) is 0 Å². The summed E-state index contributed by atoms with van der Waals surface area (Å²) in [5.74, 6) is -2.21. The molecule has 112 valence electrons. The first-order valence-corrected chi connectivity index (χ1v) is 6.51. The van der Waals surface area contributed by atoms with Gasteiger partial charge in [0.15, 0.2) is 5.43 Å². The van der Waals surface area contributed by atoms with Gasteiger partial charge in [-0.1, -0.05) is 0 Å². The summed E-state index contributed by atoms with van der Waals surface area (Å²) in [4.78, 5) is 23.1. The Labute approximate surface area is 120 Å². The number of aromatic nitrogens is 1. The average molecular weight is 292 g/mol. The number of hydrogen-bond donors (Lipinski definition) is 2. The van der Waals surface area contributed by atoms with E-state index < -0.39 is 22.8 Å². The lowest BCUT2D eigenvalue weighted by Gasteiger charge is -2.14. The molecule has 6 nitrogen and oxygen atoms in total. The van der Waals surface area contributed by atoms with Crippen LogP contribution in [0.25, 0.3) is 10.9 Å². The molecule has 2 rings (SSSR count). The molecule has 0 radical (unpaired) electrons. The molecule has 7 heteroatoms. The van der Waals surface area contributed by atoms with Gasteiger partial charge in [-0.05, 0) is 19.1 Å². The topological polar surface area (TPSA) is 100 Å². The van der Waals surface area contributed by atoms with E-state index in [-0.39, 0.29) is 11.1 Å². The molecular formula is C14H15FN3O3-. The van der Waals surface area contributed by atoms with Gasteiger partial charge in [0.25, 0.3) is 0 Å². The first-order chi connectivity index (χ1) is 9.99. The molecule has 2 aromatic rings. The molecule has 0 unspecified atom stereocenters. The molecule has 0 saturated heterocycles. The zero-order chi connectivity index (χ0) is 15.6. The number of carboxylic acid groups (broad SMARTS) is 1. The second-order valence-electron chi connectivity index (χ2n) is 4.51. The Bertz CT molecular complexity index is 755. The lowest BCUT2D eigenvalue weighted by molar-refractivity contribution is -0.255. The van der Waals surface area contributed by atoms with Gasteiger partial charge in [0.1, 0.15) is 5.82 Å². The molecule has 0 fully saturated rings. The molecule has 0 aliphatic rings. The number of nitrogens with one attached hydrogen (secondary N) is 1. The number of fused-ring (bicyclic) bond motifs is 1. The number of rotatable bonds is 5. The van der Waals surface area contributed by atoms with Crippen LogP contribution in [0.3, 0.4) is 0 Å². The van der Waals surface area contributed by atoms with E-state index in [1.54, 1.807) is 11.5 Å². The van der Waals surface area contributed by atoms with Gasteiger partial charge in [0.05, 0.1) is 22.7 Å². The van der Waals surface area contributed by atoms with Gasteiger partial charge >= 0.3 is 0 Å². The van der Waals surface area contributed by atoms with Crippen molar-refractivity contribution in [3.05, 3.63) is 39.9 Å². The summed E-state index contributed by atoms with van der Waals surface area (Å²) in [7, 11) is 0. The maximum atomic E-state index is 14.0. The van der Waals surface area contributed by atoms with E-state index in [0.717, 1.165) is 6.07 Å². The number of aryl methyl sites for hydroxylation is 1. The maximum absolute atomic E-state index is 14.0. The highest BCUT2D eigenvalue weighted by atomic mass is 19.1. The Balaban J connectivity index is 2.75. The number of carbonyl (C=O) groups is 1. The lowest BCUT2D eigenvalue weighted by atomic mass is 10.1. The summed E-state index contributed by atoms with van der Waals surface area (Å²) in [5, 5.41) is 13.8. The van der Waals surface area contributed by atoms with Crippen LogP contribution in [0.4, 0.5) is 10.1 Å². The molecule has 0 spiro atoms. The van der Waals surface area contributed by atoms with E-state index in [9.17, 15) is 19.1 Å². The van der Waals surface area contributed by atoms with Crippen molar-refractivity contribution in [1.29, 1.82) is 0 Å². The van der Waals surface area contributed by atoms with Gasteiger partial charge < -0.3 is 25.5 Å². The quantitative estimate of drug-likeness (QED) is 0.801. The average Bonchev–Trinajstić information content (AvgIpc) is 2.46. The van der Waals surface area contributed by atoms with Crippen LogP contribution in [-0.2, 0) is 6.54 Å². The fraction of sp³-hybridized carbons (Fsp3) is 0.286. The minimum absolute atomic E-state index is 0.00866. The number of aromatic carboxylic acids is 1. The van der Waals surface area contributed by atoms with Crippen LogP contribution in [0.2, 0.25) is 0 Å². The first kappa shape index (κ1) is 15.0. The summed E-state index contributed by atoms with van der Waals surface area (Å²) in [5.41, 5.74) is 4.80. The number of nitrogens with two attached hydrogens (primary N) is 1. The van der Waals surface area contributed by atoms with Crippen molar-refractivity contribution >= 4 is 22.6 Å². The Kier molecular flexibility index (Phi) is 4.23. The zero-order valence-electron chi connectivity index (χ0n) is 11.5. The monoisotopic (exact) mass is 292 g/mol. The SMILES string of the molecule is CCn1cc(C(=O)[O-])c(=O)c2cc(F)c(NCCN)cc21. The first-order valence-electron chi connectivity index (χ1n) is 6.51. The number of anilines is 1. The highest BCUT2D eigenvalue weighted by Crippen LogP contribution is 2.21. The number of carboxylic acids is 1. The molecule has 0 bridgehead atoms. The molecular weight excluding hydrogens is 277 g/mol. The van der Waals surface area contributed by atoms with Crippen LogP contribution in [0, 0.1) is 5.82 Å². The largest absolute Gasteiger partial charge is 0.545 e. The molecule has 21 heavy (non-hydrogen) atoms. The lowest BCUT2D eigenvalue weighted by Crippen LogP contribution is -2.30. The predicted molar refractivity (Wildman–Crippen MR) is 75.7 cm³/mol. The molecule has 1 aromatic carbocycles. The van der Waals surface area contributed by atoms with E-state index in [4.69, 9.17) is 5.73 Å². The smallest absolute Gasteiger partial charge is 0.198 e. The van der Waals surface area contributed by atoms with E-state index >= 15 is 0 Å². The van der Waals surface area contributed by atoms with E-state index in [1.807, 2.05) is 0 Å². The number of benzene rings is 1. The fourth-order valence-corrected chi connectivity index (χ4v) is 2.16. The molecule has 0 aliphatic carbocycles. The van der Waals surface area contributed by atoms with E-state index in [2.05, 4.69) is 5.32 Å². The third-order valence-electron chi connectivity index (χ3n) is 3.19. The summed E-state index contributed by atoms with van der Waals surface area (Å²) < 4.78 is 15.5. The Hall–Kier alpha value is -2.41. The fourth-order valence-electron chi connectivity index (χ4n) is 2.16. The summed E-state index contributed by atoms with van der Waals surface area (Å²) in [6, 6.07) is 2.51. The minimum atomic E-state index is -1.57. The van der Waals surface area contributed by atoms with Crippen LogP contribution in [-0.4, -0.2) is 23.6 Å². The molecule has 1 heterocycles. The second-order valence-corrected chi connectivity index (χ2v) is 4.51. The standard InChI is InChI=1S/C14H16FN3O3/c1-2-18-7-9(14(20)21)13(19)8-5-10(15)11(6-12(8)18)17-4-3-16/h5-7,17H,2-4,16H2,1H3,(H,20,21)/p-1. The van der Waals surface area contributed by atoms with Crippen molar-refractivity contribution in [1.82, 2.24) is 4.57 Å². The Morgan fingerprint density at radius 2 is 2.19 bits per heavy atom. The van der Waals surface area contributed by atoms with Crippen LogP contribution < -0.4 is 21.6 Å². The van der Waals surface area contributed by atoms with Crippen LogP contribution in [0.15, 0.2) is 23.1 Å². The number of pyridine rings is 1. The van der Waals surface area contributed by atoms with Crippen molar-refractivity contribution in [2.45, 2.75) is 13.5 Å². The number of halogens is 1. The van der Waals surface area contributed by atoms with Crippen LogP contribution in [0.1, 0.15) is 17.3 Å². The molecule has 0 amide bonds. The molecule has 0 atom stereocenters.